The van der Waals surface area contributed by atoms with Gasteiger partial charge in [-0.3, -0.25) is 9.35 Å². The first-order valence-corrected chi connectivity index (χ1v) is 14.9. The molecule has 0 aliphatic rings. The highest BCUT2D eigenvalue weighted by molar-refractivity contribution is 7.87. The number of carbonyl (C=O) groups excluding carboxylic acids is 1. The van der Waals surface area contributed by atoms with Gasteiger partial charge in [-0.15, -0.1) is 0 Å². The van der Waals surface area contributed by atoms with Crippen LogP contribution in [0.3, 0.4) is 0 Å². The average molecular weight is 749 g/mol. The van der Waals surface area contributed by atoms with Crippen LogP contribution in [0.15, 0.2) is 78.9 Å². The maximum atomic E-state index is 15.1. The predicted molar refractivity (Wildman–Crippen MR) is 152 cm³/mol. The SMILES string of the molecule is COc1ccc2cc(Oc3ccc(C(=O)c4ccc(C)c(C(F)(F)C(F)(F)C(F)(F)C(F)(F)C(F)(F)C(F)(F)S(=O)(=O)O)c4)cc3)ccc2c1. The topological polar surface area (TPSA) is 89.9 Å². The molecule has 0 spiro atoms. The zero-order chi connectivity index (χ0) is 37.9. The summed E-state index contributed by atoms with van der Waals surface area (Å²) in [5, 5.41) is -5.97. The molecule has 0 heterocycles. The fourth-order valence-electron chi connectivity index (χ4n) is 4.58. The van der Waals surface area contributed by atoms with Crippen molar-refractivity contribution >= 4 is 26.7 Å². The first kappa shape index (κ1) is 38.3. The maximum absolute atomic E-state index is 15.1. The quantitative estimate of drug-likeness (QED) is 0.0883. The summed E-state index contributed by atoms with van der Waals surface area (Å²) in [4.78, 5) is 13.0. The molecule has 0 saturated carbocycles. The normalized spacial score (nSPS) is 13.7. The molecule has 0 aromatic heterocycles. The van der Waals surface area contributed by atoms with E-state index in [2.05, 4.69) is 0 Å². The summed E-state index contributed by atoms with van der Waals surface area (Å²) in [6.07, 6.45) is 0. The lowest BCUT2D eigenvalue weighted by Gasteiger charge is -2.40. The van der Waals surface area contributed by atoms with Crippen molar-refractivity contribution in [1.82, 2.24) is 0 Å². The van der Waals surface area contributed by atoms with Crippen molar-refractivity contribution in [2.24, 2.45) is 0 Å². The van der Waals surface area contributed by atoms with E-state index in [0.29, 0.717) is 24.5 Å². The van der Waals surface area contributed by atoms with Gasteiger partial charge in [0.2, 0.25) is 0 Å². The molecule has 0 amide bonds. The minimum Gasteiger partial charge on any atom is -0.497 e. The highest BCUT2D eigenvalue weighted by atomic mass is 32.2. The molecule has 6 nitrogen and oxygen atoms in total. The lowest BCUT2D eigenvalue weighted by Crippen LogP contribution is -2.71. The van der Waals surface area contributed by atoms with Crippen LogP contribution >= 0.6 is 0 Å². The van der Waals surface area contributed by atoms with Crippen LogP contribution in [0.5, 0.6) is 17.2 Å². The van der Waals surface area contributed by atoms with Crippen LogP contribution in [-0.4, -0.2) is 54.8 Å². The Morgan fingerprint density at radius 3 is 1.58 bits per heavy atom. The fraction of sp³-hybridized carbons (Fsp3) is 0.258. The van der Waals surface area contributed by atoms with Crippen molar-refractivity contribution in [1.29, 1.82) is 0 Å². The third-order valence-electron chi connectivity index (χ3n) is 7.48. The zero-order valence-electron chi connectivity index (χ0n) is 24.9. The summed E-state index contributed by atoms with van der Waals surface area (Å²) in [6.45, 7) is 0.556. The molecule has 0 unspecified atom stereocenters. The molecule has 50 heavy (non-hydrogen) atoms. The molecular weight excluding hydrogens is 728 g/mol. The lowest BCUT2D eigenvalue weighted by atomic mass is 9.87. The molecule has 0 saturated heterocycles. The number of carbonyl (C=O) groups is 1. The zero-order valence-corrected chi connectivity index (χ0v) is 25.8. The van der Waals surface area contributed by atoms with E-state index in [0.717, 1.165) is 29.0 Å². The van der Waals surface area contributed by atoms with Crippen molar-refractivity contribution in [2.45, 2.75) is 41.8 Å². The van der Waals surface area contributed by atoms with Gasteiger partial charge in [-0.2, -0.15) is 61.1 Å². The number of benzene rings is 4. The van der Waals surface area contributed by atoms with Crippen LogP contribution in [0.2, 0.25) is 0 Å². The van der Waals surface area contributed by atoms with Crippen molar-refractivity contribution < 1.29 is 79.9 Å². The fourth-order valence-corrected chi connectivity index (χ4v) is 5.03. The number of hydrogen-bond acceptors (Lipinski definition) is 5. The van der Waals surface area contributed by atoms with Crippen LogP contribution in [0.25, 0.3) is 10.8 Å². The Labute approximate surface area is 274 Å². The number of fused-ring (bicyclic) bond motifs is 1. The van der Waals surface area contributed by atoms with Crippen molar-refractivity contribution in [3.05, 3.63) is 101 Å². The molecule has 0 fully saturated rings. The Morgan fingerprint density at radius 2 is 1.06 bits per heavy atom. The summed E-state index contributed by atoms with van der Waals surface area (Å²) >= 11 is 0. The molecule has 4 aromatic rings. The van der Waals surface area contributed by atoms with Gasteiger partial charge in [0, 0.05) is 16.7 Å². The number of methoxy groups -OCH3 is 1. The number of rotatable bonds is 12. The predicted octanol–water partition coefficient (Wildman–Crippen LogP) is 9.29. The molecule has 0 aliphatic heterocycles. The van der Waals surface area contributed by atoms with Crippen LogP contribution in [0.1, 0.15) is 27.0 Å². The van der Waals surface area contributed by atoms with E-state index < -0.39 is 67.5 Å². The van der Waals surface area contributed by atoms with Gasteiger partial charge in [-0.25, -0.2) is 0 Å². The Hall–Kier alpha value is -4.52. The third-order valence-corrected chi connectivity index (χ3v) is 8.38. The minimum atomic E-state index is -8.24. The van der Waals surface area contributed by atoms with E-state index in [9.17, 15) is 57.1 Å². The number of ether oxygens (including phenoxy) is 2. The van der Waals surface area contributed by atoms with E-state index in [-0.39, 0.29) is 17.4 Å². The van der Waals surface area contributed by atoms with E-state index in [1.807, 2.05) is 0 Å². The molecule has 4 aromatic carbocycles. The lowest BCUT2D eigenvalue weighted by molar-refractivity contribution is -0.419. The molecule has 1 N–H and O–H groups in total. The van der Waals surface area contributed by atoms with Gasteiger partial charge in [0.1, 0.15) is 17.2 Å². The van der Waals surface area contributed by atoms with E-state index >= 15 is 8.78 Å². The Kier molecular flexibility index (Phi) is 9.46. The molecule has 4 rings (SSSR count). The van der Waals surface area contributed by atoms with Gasteiger partial charge in [0.25, 0.3) is 0 Å². The number of aryl methyl sites for hydroxylation is 1. The molecule has 0 bridgehead atoms. The summed E-state index contributed by atoms with van der Waals surface area (Å²) in [6, 6.07) is 16.0. The number of alkyl halides is 12. The van der Waals surface area contributed by atoms with Crippen molar-refractivity contribution in [3.8, 4) is 17.2 Å². The van der Waals surface area contributed by atoms with Crippen molar-refractivity contribution in [3.63, 3.8) is 0 Å². The first-order chi connectivity index (χ1) is 22.7. The number of ketones is 1. The van der Waals surface area contributed by atoms with E-state index in [4.69, 9.17) is 14.0 Å². The highest BCUT2D eigenvalue weighted by Crippen LogP contribution is 2.62. The summed E-state index contributed by atoms with van der Waals surface area (Å²) in [5.41, 5.74) is -4.59. The molecule has 0 radical (unpaired) electrons. The monoisotopic (exact) mass is 748 g/mol. The van der Waals surface area contributed by atoms with Gasteiger partial charge in [-0.05, 0) is 77.9 Å². The Balaban J connectivity index is 1.64. The van der Waals surface area contributed by atoms with Gasteiger partial charge >= 0.3 is 45.0 Å². The number of halogens is 12. The maximum Gasteiger partial charge on any atom is 0.438 e. The molecular formula is C31H20F12O6S. The van der Waals surface area contributed by atoms with Crippen LogP contribution in [0.4, 0.5) is 52.7 Å². The van der Waals surface area contributed by atoms with Crippen LogP contribution in [-0.2, 0) is 16.0 Å². The molecule has 270 valence electrons. The molecule has 19 heteroatoms. The van der Waals surface area contributed by atoms with Gasteiger partial charge in [0.15, 0.2) is 5.78 Å². The Bertz CT molecular complexity index is 2050. The van der Waals surface area contributed by atoms with Crippen LogP contribution in [0, 0.1) is 6.92 Å². The summed E-state index contributed by atoms with van der Waals surface area (Å²) in [7, 11) is -6.20. The largest absolute Gasteiger partial charge is 0.497 e. The summed E-state index contributed by atoms with van der Waals surface area (Å²) in [5.74, 6) is -38.8. The second-order valence-electron chi connectivity index (χ2n) is 10.7. The van der Waals surface area contributed by atoms with E-state index in [1.54, 1.807) is 36.4 Å². The van der Waals surface area contributed by atoms with Gasteiger partial charge in [-0.1, -0.05) is 24.3 Å². The smallest absolute Gasteiger partial charge is 0.438 e. The van der Waals surface area contributed by atoms with Gasteiger partial charge < -0.3 is 9.47 Å². The average Bonchev–Trinajstić information content (AvgIpc) is 3.03. The minimum absolute atomic E-state index is 0.126. The molecule has 0 aliphatic carbocycles. The van der Waals surface area contributed by atoms with Gasteiger partial charge in [0.05, 0.1) is 7.11 Å². The summed E-state index contributed by atoms with van der Waals surface area (Å²) < 4.78 is 211. The van der Waals surface area contributed by atoms with Crippen molar-refractivity contribution in [2.75, 3.05) is 7.11 Å². The third kappa shape index (κ3) is 5.99. The number of hydrogen-bond donors (Lipinski definition) is 1. The van der Waals surface area contributed by atoms with Crippen LogP contribution < -0.4 is 9.47 Å². The first-order valence-electron chi connectivity index (χ1n) is 13.5. The Morgan fingerprint density at radius 1 is 0.600 bits per heavy atom. The second-order valence-corrected chi connectivity index (χ2v) is 12.2. The highest BCUT2D eigenvalue weighted by Gasteiger charge is 2.92. The van der Waals surface area contributed by atoms with E-state index in [1.165, 1.54) is 19.2 Å². The molecule has 0 atom stereocenters. The standard InChI is InChI=1S/C31H20F12O6S/c1-16-3-4-20(25(44)17-5-9-21(10-6-17)49-23-12-8-18-13-22(48-2)11-7-19(18)14-23)15-24(16)26(32,33)27(34,35)28(36,37)29(38,39)30(40,41)31(42,43)50(45,46)47/h3-15H,1-2H3,(H,45,46,47). The second kappa shape index (κ2) is 12.4.